The third-order valence-corrected chi connectivity index (χ3v) is 18.8. The molecule has 2 aliphatic heterocycles. The third kappa shape index (κ3) is 13.0. The molecule has 4 fully saturated rings. The number of aromatic nitrogens is 4. The van der Waals surface area contributed by atoms with Crippen molar-refractivity contribution < 1.29 is 53.2 Å². The van der Waals surface area contributed by atoms with Crippen LogP contribution in [0.2, 0.25) is 0 Å². The first kappa shape index (κ1) is 60.2. The molecular weight excluding hydrogens is 1130 g/mol. The molecule has 4 bridgehead atoms. The number of aliphatic hydroxyl groups excluding tert-OH is 1. The maximum Gasteiger partial charge on any atom is 0.409 e. The lowest BCUT2D eigenvalue weighted by Gasteiger charge is -2.69. The molecule has 6 amide bonds. The Morgan fingerprint density at radius 2 is 1.55 bits per heavy atom. The first-order chi connectivity index (χ1) is 41.5. The summed E-state index contributed by atoms with van der Waals surface area (Å²) in [7, 11) is 1.68. The van der Waals surface area contributed by atoms with E-state index >= 15 is 0 Å². The number of carboxylic acid groups (broad SMARTS) is 1. The van der Waals surface area contributed by atoms with Crippen LogP contribution in [0.4, 0.5) is 21.4 Å². The zero-order chi connectivity index (χ0) is 61.6. The minimum Gasteiger partial charge on any atom is -0.476 e. The highest BCUT2D eigenvalue weighted by Crippen LogP contribution is 2.72. The molecule has 23 heteroatoms. The normalized spacial score (nSPS) is 22.8. The fourth-order valence-corrected chi connectivity index (χ4v) is 15.7. The summed E-state index contributed by atoms with van der Waals surface area (Å²) in [5.74, 6) is -3.25. The molecule has 4 saturated carbocycles. The maximum atomic E-state index is 13.3. The van der Waals surface area contributed by atoms with Crippen LogP contribution >= 0.6 is 11.3 Å². The highest BCUT2D eigenvalue weighted by atomic mass is 32.1. The molecule has 3 aromatic heterocycles. The smallest absolute Gasteiger partial charge is 0.409 e. The summed E-state index contributed by atoms with van der Waals surface area (Å²) in [6.45, 7) is 11.9. The van der Waals surface area contributed by atoms with Gasteiger partial charge in [0.25, 0.3) is 11.8 Å². The van der Waals surface area contributed by atoms with Gasteiger partial charge in [-0.25, -0.2) is 19.6 Å². The van der Waals surface area contributed by atoms with Gasteiger partial charge < -0.3 is 50.8 Å². The predicted molar refractivity (Wildman–Crippen MR) is 325 cm³/mol. The van der Waals surface area contributed by atoms with Crippen LogP contribution in [0.3, 0.4) is 0 Å². The molecule has 6 aliphatic rings. The Hall–Kier alpha value is -8.54. The van der Waals surface area contributed by atoms with E-state index in [0.717, 1.165) is 88.2 Å². The van der Waals surface area contributed by atoms with E-state index in [4.69, 9.17) is 19.6 Å². The number of thiazole rings is 1. The number of aromatic carboxylic acids is 1. The average molecular weight is 1200 g/mol. The number of anilines is 3. The van der Waals surface area contributed by atoms with Gasteiger partial charge in [-0.2, -0.15) is 5.10 Å². The topological polar surface area (TPSA) is 280 Å². The molecule has 87 heavy (non-hydrogen) atoms. The van der Waals surface area contributed by atoms with Gasteiger partial charge >= 0.3 is 12.1 Å². The zero-order valence-corrected chi connectivity index (χ0v) is 50.5. The summed E-state index contributed by atoms with van der Waals surface area (Å²) >= 11 is 1.48. The van der Waals surface area contributed by atoms with Crippen LogP contribution in [-0.2, 0) is 59.6 Å². The Kier molecular flexibility index (Phi) is 16.6. The summed E-state index contributed by atoms with van der Waals surface area (Å²) in [5, 5.41) is 38.8. The number of carboxylic acids is 1. The van der Waals surface area contributed by atoms with Crippen LogP contribution in [0.25, 0.3) is 21.3 Å². The molecule has 5 atom stereocenters. The molecule has 5 heterocycles. The molecule has 3 aromatic carbocycles. The second kappa shape index (κ2) is 24.0. The van der Waals surface area contributed by atoms with Gasteiger partial charge in [-0.05, 0) is 135 Å². The fourth-order valence-electron chi connectivity index (χ4n) is 14.9. The summed E-state index contributed by atoms with van der Waals surface area (Å²) in [6, 6.07) is 22.3. The van der Waals surface area contributed by atoms with Crippen molar-refractivity contribution in [1.82, 2.24) is 40.2 Å². The Bertz CT molecular complexity index is 3660. The number of para-hydroxylation sites is 1. The number of rotatable bonds is 22. The molecule has 3 unspecified atom stereocenters. The van der Waals surface area contributed by atoms with Crippen molar-refractivity contribution in [1.29, 1.82) is 0 Å². The standard InChI is InChI=1S/C64H73N11O11S/c1-38(66-51(76)23-25-74-52(77)20-21-53(74)78)55(79)67-39(2)56(80)68-43-16-14-41(15-17-43)30-85-60(84)72(6)26-27-86-64-34-61(4)31-62(5,35-64)33-63(32-61,36-64)37-75-40(3)46(28-65-75)44-18-19-50(70-54(44)58(82)83)73-24-22-42-10-9-11-45(47(42)29-73)57(81)71-59-69-48-12-7-8-13-49(48)87-59/h7-21,28,38-39,57,81H,22-27,29-37H2,1-6H3,(H,66,76)(H,67,79)(H,68,80)(H,69,71)(H,82,83)/t38-,39-,57?,61?,62?,63?,64?/m0/s1. The Balaban J connectivity index is 0.665. The number of hydrogen-bond donors (Lipinski definition) is 6. The summed E-state index contributed by atoms with van der Waals surface area (Å²) < 4.78 is 15.7. The van der Waals surface area contributed by atoms with Crippen molar-refractivity contribution in [3.8, 4) is 11.1 Å². The van der Waals surface area contributed by atoms with E-state index in [9.17, 15) is 43.8 Å². The molecule has 0 saturated heterocycles. The number of benzene rings is 3. The van der Waals surface area contributed by atoms with E-state index in [2.05, 4.69) is 51.1 Å². The molecule has 22 nitrogen and oxygen atoms in total. The van der Waals surface area contributed by atoms with Crippen molar-refractivity contribution in [2.24, 2.45) is 16.2 Å². The van der Waals surface area contributed by atoms with Crippen LogP contribution in [-0.4, -0.2) is 132 Å². The highest BCUT2D eigenvalue weighted by molar-refractivity contribution is 7.22. The molecule has 456 valence electrons. The highest BCUT2D eigenvalue weighted by Gasteiger charge is 2.66. The molecule has 6 aromatic rings. The molecule has 12 rings (SSSR count). The first-order valence-corrected chi connectivity index (χ1v) is 30.3. The molecule has 4 aliphatic carbocycles. The Morgan fingerprint density at radius 1 is 0.828 bits per heavy atom. The van der Waals surface area contributed by atoms with E-state index in [1.807, 2.05) is 60.1 Å². The van der Waals surface area contributed by atoms with Crippen molar-refractivity contribution in [3.63, 3.8) is 0 Å². The number of amides is 6. The Morgan fingerprint density at radius 3 is 2.28 bits per heavy atom. The van der Waals surface area contributed by atoms with Gasteiger partial charge in [-0.1, -0.05) is 67.6 Å². The van der Waals surface area contributed by atoms with Gasteiger partial charge in [0, 0.05) is 86.4 Å². The minimum atomic E-state index is -1.13. The molecule has 0 spiro atoms. The van der Waals surface area contributed by atoms with Gasteiger partial charge in [0.15, 0.2) is 17.1 Å². The lowest BCUT2D eigenvalue weighted by Crippen LogP contribution is -2.64. The summed E-state index contributed by atoms with van der Waals surface area (Å²) in [6.07, 6.45) is 8.77. The first-order valence-electron chi connectivity index (χ1n) is 29.5. The lowest BCUT2D eigenvalue weighted by molar-refractivity contribution is -0.248. The number of nitrogens with zero attached hydrogens (tertiary/aromatic N) is 7. The van der Waals surface area contributed by atoms with E-state index in [1.165, 1.54) is 30.1 Å². The maximum absolute atomic E-state index is 13.3. The zero-order valence-electron chi connectivity index (χ0n) is 49.7. The second-order valence-corrected chi connectivity index (χ2v) is 26.2. The monoisotopic (exact) mass is 1200 g/mol. The number of imide groups is 1. The number of nitrogens with one attached hydrogen (secondary N) is 4. The Labute approximate surface area is 507 Å². The van der Waals surface area contributed by atoms with Gasteiger partial charge in [-0.15, -0.1) is 0 Å². The van der Waals surface area contributed by atoms with Crippen LogP contribution in [0, 0.1) is 23.2 Å². The van der Waals surface area contributed by atoms with Crippen molar-refractivity contribution in [3.05, 3.63) is 131 Å². The van der Waals surface area contributed by atoms with Gasteiger partial charge in [0.1, 0.15) is 24.5 Å². The van der Waals surface area contributed by atoms with E-state index in [0.29, 0.717) is 72.5 Å². The van der Waals surface area contributed by atoms with Crippen molar-refractivity contribution in [2.45, 2.75) is 130 Å². The van der Waals surface area contributed by atoms with Crippen LogP contribution in [0.15, 0.2) is 97.2 Å². The predicted octanol–water partition coefficient (Wildman–Crippen LogP) is 7.89. The average Bonchev–Trinajstić information content (AvgIpc) is 0.871. The largest absolute Gasteiger partial charge is 0.476 e. The number of carbonyl (C=O) groups is 7. The minimum absolute atomic E-state index is 0.0134. The SMILES string of the molecule is Cc1c(-c2ccc(N3CCc4cccc(C(O)Nc5nc6ccccc6s5)c4C3)nc2C(=O)O)cnn1CC12CC3(C)CC(C)(C1)CC(OCCN(C)C(=O)OCc1ccc(NC(=O)[C@H](C)NC(=O)[C@H](C)NC(=O)CCN4C(=O)C=CC4=O)cc1)(C3)C2. The number of ether oxygens (including phenoxy) is 2. The third-order valence-electron chi connectivity index (χ3n) is 17.8. The van der Waals surface area contributed by atoms with Crippen molar-refractivity contribution in [2.75, 3.05) is 48.8 Å². The number of hydrogen-bond acceptors (Lipinski definition) is 16. The van der Waals surface area contributed by atoms with Gasteiger partial charge in [0.05, 0.1) is 28.6 Å². The quantitative estimate of drug-likeness (QED) is 0.0278. The van der Waals surface area contributed by atoms with E-state index in [-0.39, 0.29) is 41.5 Å². The van der Waals surface area contributed by atoms with Crippen molar-refractivity contribution >= 4 is 79.8 Å². The second-order valence-electron chi connectivity index (χ2n) is 25.2. The van der Waals surface area contributed by atoms with E-state index < -0.39 is 65.5 Å². The van der Waals surface area contributed by atoms with Crippen LogP contribution in [0.5, 0.6) is 0 Å². The molecule has 6 N–H and O–H groups in total. The number of pyridine rings is 1. The van der Waals surface area contributed by atoms with E-state index in [1.54, 1.807) is 37.5 Å². The van der Waals surface area contributed by atoms with Crippen LogP contribution < -0.4 is 26.2 Å². The summed E-state index contributed by atoms with van der Waals surface area (Å²) in [4.78, 5) is 102. The fraction of sp³-hybridized carbons (Fsp3) is 0.438. The van der Waals surface area contributed by atoms with Gasteiger partial charge in [-0.3, -0.25) is 33.6 Å². The van der Waals surface area contributed by atoms with Crippen LogP contribution in [0.1, 0.15) is 117 Å². The molecular formula is C64H73N11O11S. The van der Waals surface area contributed by atoms with Gasteiger partial charge in [0.2, 0.25) is 17.7 Å². The number of likely N-dealkylation sites (N-methyl/N-ethyl adjacent to an activating group) is 1. The number of fused-ring (bicyclic) bond motifs is 2. The summed E-state index contributed by atoms with van der Waals surface area (Å²) in [5.41, 5.74) is 6.35. The lowest BCUT2D eigenvalue weighted by atomic mass is 9.39. The molecule has 0 radical (unpaired) electrons. The number of carbonyl (C=O) groups excluding carboxylic acids is 6. The number of aliphatic hydroxyl groups is 1.